The van der Waals surface area contributed by atoms with E-state index in [0.29, 0.717) is 18.9 Å². The van der Waals surface area contributed by atoms with Crippen LogP contribution in [0.4, 0.5) is 5.69 Å². The molecular weight excluding hydrogens is 392 g/mol. The molecule has 0 bridgehead atoms. The molecule has 0 saturated carbocycles. The molecule has 0 aromatic heterocycles. The fourth-order valence-corrected chi connectivity index (χ4v) is 3.40. The molecule has 1 saturated heterocycles. The van der Waals surface area contributed by atoms with Crippen molar-refractivity contribution in [2.24, 2.45) is 4.99 Å². The van der Waals surface area contributed by atoms with Gasteiger partial charge in [0.1, 0.15) is 0 Å². The summed E-state index contributed by atoms with van der Waals surface area (Å²) in [6.45, 7) is 10.6. The van der Waals surface area contributed by atoms with Crippen LogP contribution in [0, 0.1) is 0 Å². The highest BCUT2D eigenvalue weighted by atomic mass is 16.5. The lowest BCUT2D eigenvalue weighted by atomic mass is 10.1. The fraction of sp³-hybridized carbons (Fsp3) is 0.458. The molecule has 31 heavy (non-hydrogen) atoms. The van der Waals surface area contributed by atoms with Crippen molar-refractivity contribution in [3.63, 3.8) is 0 Å². The molecule has 0 amide bonds. The Labute approximate surface area is 185 Å². The predicted octanol–water partition coefficient (Wildman–Crippen LogP) is 3.50. The van der Waals surface area contributed by atoms with Gasteiger partial charge in [0.05, 0.1) is 33.5 Å². The summed E-state index contributed by atoms with van der Waals surface area (Å²) in [5.41, 5.74) is 3.38. The van der Waals surface area contributed by atoms with E-state index < -0.39 is 0 Å². The summed E-state index contributed by atoms with van der Waals surface area (Å²) < 4.78 is 16.5. The lowest BCUT2D eigenvalue weighted by molar-refractivity contribution is 0.0342. The van der Waals surface area contributed by atoms with E-state index >= 15 is 0 Å². The number of ether oxygens (including phenoxy) is 3. The molecule has 2 aromatic rings. The van der Waals surface area contributed by atoms with Gasteiger partial charge in [0.25, 0.3) is 0 Å². The van der Waals surface area contributed by atoms with Gasteiger partial charge >= 0.3 is 0 Å². The number of rotatable bonds is 9. The molecule has 3 rings (SSSR count). The van der Waals surface area contributed by atoms with Crippen LogP contribution in [-0.2, 0) is 17.8 Å². The first-order valence-corrected chi connectivity index (χ1v) is 11.0. The Hall–Kier alpha value is -2.77. The number of anilines is 1. The zero-order valence-electron chi connectivity index (χ0n) is 18.8. The SMILES string of the molecule is CCNC(=NCc1ccc(CN2CCOCC2)cc1)Nc1ccc(OCC)c(OC)c1. The van der Waals surface area contributed by atoms with Crippen molar-refractivity contribution in [2.75, 3.05) is 51.9 Å². The van der Waals surface area contributed by atoms with Gasteiger partial charge in [0.15, 0.2) is 17.5 Å². The topological polar surface area (TPSA) is 67.4 Å². The molecule has 2 aromatic carbocycles. The van der Waals surface area contributed by atoms with Crippen molar-refractivity contribution >= 4 is 11.6 Å². The molecule has 0 atom stereocenters. The van der Waals surface area contributed by atoms with Gasteiger partial charge in [-0.2, -0.15) is 0 Å². The van der Waals surface area contributed by atoms with Crippen LogP contribution in [0.25, 0.3) is 0 Å². The Morgan fingerprint density at radius 3 is 2.45 bits per heavy atom. The number of hydrogen-bond donors (Lipinski definition) is 2. The summed E-state index contributed by atoms with van der Waals surface area (Å²) in [5, 5.41) is 6.64. The van der Waals surface area contributed by atoms with E-state index in [1.165, 1.54) is 11.1 Å². The average Bonchev–Trinajstić information content (AvgIpc) is 2.80. The smallest absolute Gasteiger partial charge is 0.196 e. The number of morpholine rings is 1. The minimum absolute atomic E-state index is 0.596. The van der Waals surface area contributed by atoms with Crippen LogP contribution in [0.1, 0.15) is 25.0 Å². The number of methoxy groups -OCH3 is 1. The van der Waals surface area contributed by atoms with E-state index in [4.69, 9.17) is 19.2 Å². The van der Waals surface area contributed by atoms with E-state index in [0.717, 1.165) is 56.8 Å². The molecule has 1 fully saturated rings. The van der Waals surface area contributed by atoms with E-state index in [1.807, 2.05) is 25.1 Å². The third-order valence-corrected chi connectivity index (χ3v) is 5.02. The average molecular weight is 427 g/mol. The minimum atomic E-state index is 0.596. The highest BCUT2D eigenvalue weighted by Crippen LogP contribution is 2.30. The summed E-state index contributed by atoms with van der Waals surface area (Å²) in [6, 6.07) is 14.5. The van der Waals surface area contributed by atoms with E-state index in [2.05, 4.69) is 46.7 Å². The molecule has 1 heterocycles. The summed E-state index contributed by atoms with van der Waals surface area (Å²) >= 11 is 0. The lowest BCUT2D eigenvalue weighted by Gasteiger charge is -2.26. The van der Waals surface area contributed by atoms with Crippen LogP contribution >= 0.6 is 0 Å². The highest BCUT2D eigenvalue weighted by molar-refractivity contribution is 5.93. The number of guanidine groups is 1. The normalized spacial score (nSPS) is 14.9. The summed E-state index contributed by atoms with van der Waals surface area (Å²) in [5.74, 6) is 2.15. The Balaban J connectivity index is 1.61. The van der Waals surface area contributed by atoms with Crippen molar-refractivity contribution in [2.45, 2.75) is 26.9 Å². The van der Waals surface area contributed by atoms with Crippen molar-refractivity contribution in [3.8, 4) is 11.5 Å². The molecule has 0 radical (unpaired) electrons. The number of hydrogen-bond acceptors (Lipinski definition) is 5. The monoisotopic (exact) mass is 426 g/mol. The first-order valence-electron chi connectivity index (χ1n) is 11.0. The van der Waals surface area contributed by atoms with Crippen molar-refractivity contribution in [3.05, 3.63) is 53.6 Å². The van der Waals surface area contributed by atoms with Gasteiger partial charge < -0.3 is 24.8 Å². The standard InChI is InChI=1S/C24H34N4O3/c1-4-25-24(27-21-10-11-22(31-5-2)23(16-21)29-3)26-17-19-6-8-20(9-7-19)18-28-12-14-30-15-13-28/h6-11,16H,4-5,12-15,17-18H2,1-3H3,(H2,25,26,27). The molecule has 168 valence electrons. The van der Waals surface area contributed by atoms with Crippen molar-refractivity contribution < 1.29 is 14.2 Å². The third-order valence-electron chi connectivity index (χ3n) is 5.02. The molecular formula is C24H34N4O3. The molecule has 7 nitrogen and oxygen atoms in total. The molecule has 2 N–H and O–H groups in total. The first kappa shape index (κ1) is 22.9. The maximum atomic E-state index is 5.59. The first-order chi connectivity index (χ1) is 15.2. The van der Waals surface area contributed by atoms with Crippen LogP contribution in [0.2, 0.25) is 0 Å². The van der Waals surface area contributed by atoms with Crippen LogP contribution in [0.3, 0.4) is 0 Å². The lowest BCUT2D eigenvalue weighted by Crippen LogP contribution is -2.35. The number of nitrogens with one attached hydrogen (secondary N) is 2. The van der Waals surface area contributed by atoms with Crippen molar-refractivity contribution in [1.29, 1.82) is 0 Å². The van der Waals surface area contributed by atoms with Gasteiger partial charge in [-0.25, -0.2) is 4.99 Å². The minimum Gasteiger partial charge on any atom is -0.493 e. The molecule has 1 aliphatic rings. The summed E-state index contributed by atoms with van der Waals surface area (Å²) in [6.07, 6.45) is 0. The van der Waals surface area contributed by atoms with Crippen molar-refractivity contribution in [1.82, 2.24) is 10.2 Å². The maximum absolute atomic E-state index is 5.59. The van der Waals surface area contributed by atoms with E-state index in [9.17, 15) is 0 Å². The molecule has 1 aliphatic heterocycles. The van der Waals surface area contributed by atoms with Gasteiger partial charge in [-0.15, -0.1) is 0 Å². The zero-order valence-corrected chi connectivity index (χ0v) is 18.8. The molecule has 0 aliphatic carbocycles. The Morgan fingerprint density at radius 2 is 1.77 bits per heavy atom. The van der Waals surface area contributed by atoms with Gasteiger partial charge in [-0.1, -0.05) is 24.3 Å². The number of aliphatic imine (C=N–C) groups is 1. The fourth-order valence-electron chi connectivity index (χ4n) is 3.40. The second-order valence-corrected chi connectivity index (χ2v) is 7.32. The van der Waals surface area contributed by atoms with Crippen LogP contribution in [0.5, 0.6) is 11.5 Å². The second-order valence-electron chi connectivity index (χ2n) is 7.32. The molecule has 0 spiro atoms. The molecule has 7 heteroatoms. The van der Waals surface area contributed by atoms with Gasteiger partial charge in [-0.05, 0) is 37.1 Å². The van der Waals surface area contributed by atoms with Gasteiger partial charge in [-0.3, -0.25) is 4.90 Å². The van der Waals surface area contributed by atoms with Crippen LogP contribution in [-0.4, -0.2) is 57.4 Å². The Morgan fingerprint density at radius 1 is 1.03 bits per heavy atom. The van der Waals surface area contributed by atoms with Gasteiger partial charge in [0, 0.05) is 37.9 Å². The Kier molecular flexibility index (Phi) is 8.99. The summed E-state index contributed by atoms with van der Waals surface area (Å²) in [4.78, 5) is 7.16. The largest absolute Gasteiger partial charge is 0.493 e. The highest BCUT2D eigenvalue weighted by Gasteiger charge is 2.10. The number of benzene rings is 2. The summed E-state index contributed by atoms with van der Waals surface area (Å²) in [7, 11) is 1.64. The second kappa shape index (κ2) is 12.2. The van der Waals surface area contributed by atoms with E-state index in [-0.39, 0.29) is 0 Å². The van der Waals surface area contributed by atoms with Crippen LogP contribution < -0.4 is 20.1 Å². The Bertz CT molecular complexity index is 833. The maximum Gasteiger partial charge on any atom is 0.196 e. The third kappa shape index (κ3) is 7.15. The van der Waals surface area contributed by atoms with E-state index in [1.54, 1.807) is 7.11 Å². The number of nitrogens with zero attached hydrogens (tertiary/aromatic N) is 2. The van der Waals surface area contributed by atoms with Gasteiger partial charge in [0.2, 0.25) is 0 Å². The quantitative estimate of drug-likeness (QED) is 0.473. The van der Waals surface area contributed by atoms with Crippen LogP contribution in [0.15, 0.2) is 47.5 Å². The zero-order chi connectivity index (χ0) is 21.9. The molecule has 0 unspecified atom stereocenters. The predicted molar refractivity (Wildman–Crippen MR) is 125 cm³/mol.